The highest BCUT2D eigenvalue weighted by Gasteiger charge is 2.20. The third-order valence-corrected chi connectivity index (χ3v) is 3.22. The maximum absolute atomic E-state index is 11.4. The second kappa shape index (κ2) is 6.07. The van der Waals surface area contributed by atoms with Gasteiger partial charge in [0.1, 0.15) is 16.9 Å². The normalized spacial score (nSPS) is 13.0. The first kappa shape index (κ1) is 14.6. The molecule has 20 heavy (non-hydrogen) atoms. The van der Waals surface area contributed by atoms with Gasteiger partial charge in [0.2, 0.25) is 0 Å². The number of aromatic carboxylic acids is 1. The highest BCUT2D eigenvalue weighted by molar-refractivity contribution is 6.03. The van der Waals surface area contributed by atoms with E-state index in [0.29, 0.717) is 36.2 Å². The largest absolute Gasteiger partial charge is 0.478 e. The Hall–Kier alpha value is -1.85. The van der Waals surface area contributed by atoms with Crippen LogP contribution in [-0.2, 0) is 6.54 Å². The number of hydrogen-bond acceptors (Lipinski definition) is 4. The molecule has 1 heterocycles. The third-order valence-electron chi connectivity index (χ3n) is 3.22. The van der Waals surface area contributed by atoms with E-state index in [1.165, 1.54) is 0 Å². The second-order valence-corrected chi connectivity index (χ2v) is 5.08. The average Bonchev–Trinajstić information content (AvgIpc) is 2.74. The number of furan rings is 1. The topological polar surface area (TPSA) is 73.9 Å². The monoisotopic (exact) mass is 277 g/mol. The lowest BCUT2D eigenvalue weighted by Crippen LogP contribution is -2.22. The van der Waals surface area contributed by atoms with Gasteiger partial charge < -0.3 is 14.6 Å². The van der Waals surface area contributed by atoms with E-state index in [-0.39, 0.29) is 11.7 Å². The number of aliphatic hydroxyl groups is 1. The number of carbonyl (C=O) groups is 1. The zero-order chi connectivity index (χ0) is 14.7. The summed E-state index contributed by atoms with van der Waals surface area (Å²) in [4.78, 5) is 13.4. The highest BCUT2D eigenvalue weighted by Crippen LogP contribution is 2.26. The van der Waals surface area contributed by atoms with Crippen molar-refractivity contribution >= 4 is 16.9 Å². The Morgan fingerprint density at radius 2 is 2.10 bits per heavy atom. The molecule has 108 valence electrons. The zero-order valence-corrected chi connectivity index (χ0v) is 11.7. The minimum Gasteiger partial charge on any atom is -0.478 e. The molecule has 0 spiro atoms. The Morgan fingerprint density at radius 1 is 1.40 bits per heavy atom. The minimum absolute atomic E-state index is 0.226. The molecule has 0 radical (unpaired) electrons. The Balaban J connectivity index is 2.25. The molecule has 0 bridgehead atoms. The van der Waals surface area contributed by atoms with Crippen molar-refractivity contribution in [2.45, 2.75) is 26.0 Å². The molecule has 1 aromatic heterocycles. The van der Waals surface area contributed by atoms with Gasteiger partial charge in [0, 0.05) is 11.9 Å². The van der Waals surface area contributed by atoms with Crippen LogP contribution in [0.5, 0.6) is 0 Å². The van der Waals surface area contributed by atoms with Gasteiger partial charge in [-0.25, -0.2) is 4.79 Å². The summed E-state index contributed by atoms with van der Waals surface area (Å²) in [5.41, 5.74) is 0.813. The fraction of sp³-hybridized carbons (Fsp3) is 0.400. The van der Waals surface area contributed by atoms with Gasteiger partial charge in [0.15, 0.2) is 0 Å². The molecule has 1 unspecified atom stereocenters. The molecule has 0 amide bonds. The van der Waals surface area contributed by atoms with Gasteiger partial charge in [-0.3, -0.25) is 4.90 Å². The first-order valence-corrected chi connectivity index (χ1v) is 6.59. The summed E-state index contributed by atoms with van der Waals surface area (Å²) < 4.78 is 5.65. The van der Waals surface area contributed by atoms with Crippen LogP contribution in [0.15, 0.2) is 28.7 Å². The standard InChI is InChI=1S/C15H19NO4/c1-10(17)7-8-16(2)9-13-14(15(18)19)11-5-3-4-6-12(11)20-13/h3-6,10,17H,7-9H2,1-2H3,(H,18,19). The maximum Gasteiger partial charge on any atom is 0.339 e. The molecular formula is C15H19NO4. The summed E-state index contributed by atoms with van der Waals surface area (Å²) >= 11 is 0. The van der Waals surface area contributed by atoms with Crippen LogP contribution >= 0.6 is 0 Å². The van der Waals surface area contributed by atoms with Crippen molar-refractivity contribution in [1.82, 2.24) is 4.90 Å². The van der Waals surface area contributed by atoms with Crippen LogP contribution in [0.25, 0.3) is 11.0 Å². The van der Waals surface area contributed by atoms with Crippen LogP contribution in [0.1, 0.15) is 29.5 Å². The van der Waals surface area contributed by atoms with Crippen LogP contribution in [-0.4, -0.2) is 40.8 Å². The molecule has 0 aliphatic heterocycles. The SMILES string of the molecule is CC(O)CCN(C)Cc1oc2ccccc2c1C(=O)O. The molecule has 0 fully saturated rings. The summed E-state index contributed by atoms with van der Waals surface area (Å²) in [5.74, 6) is -0.527. The number of rotatable bonds is 6. The Labute approximate surface area is 117 Å². The molecule has 0 aliphatic rings. The number of hydrogen-bond donors (Lipinski definition) is 2. The summed E-state index contributed by atoms with van der Waals surface area (Å²) in [6, 6.07) is 7.13. The fourth-order valence-electron chi connectivity index (χ4n) is 2.17. The molecule has 5 heteroatoms. The molecule has 0 aliphatic carbocycles. The molecular weight excluding hydrogens is 258 g/mol. The van der Waals surface area contributed by atoms with Gasteiger partial charge >= 0.3 is 5.97 Å². The molecule has 1 atom stereocenters. The van der Waals surface area contributed by atoms with E-state index in [1.807, 2.05) is 18.0 Å². The van der Waals surface area contributed by atoms with E-state index in [9.17, 15) is 15.0 Å². The maximum atomic E-state index is 11.4. The van der Waals surface area contributed by atoms with Gasteiger partial charge in [-0.15, -0.1) is 0 Å². The highest BCUT2D eigenvalue weighted by atomic mass is 16.4. The summed E-state index contributed by atoms with van der Waals surface area (Å²) in [6.07, 6.45) is 0.270. The van der Waals surface area contributed by atoms with Crippen molar-refractivity contribution in [3.63, 3.8) is 0 Å². The van der Waals surface area contributed by atoms with Gasteiger partial charge in [-0.1, -0.05) is 18.2 Å². The van der Waals surface area contributed by atoms with E-state index in [1.54, 1.807) is 25.1 Å². The van der Waals surface area contributed by atoms with Crippen molar-refractivity contribution in [2.24, 2.45) is 0 Å². The lowest BCUT2D eigenvalue weighted by Gasteiger charge is -2.16. The van der Waals surface area contributed by atoms with Gasteiger partial charge in [0.05, 0.1) is 12.6 Å². The molecule has 1 aromatic carbocycles. The van der Waals surface area contributed by atoms with Crippen molar-refractivity contribution in [3.8, 4) is 0 Å². The van der Waals surface area contributed by atoms with Gasteiger partial charge in [-0.05, 0) is 26.5 Å². The van der Waals surface area contributed by atoms with E-state index < -0.39 is 5.97 Å². The molecule has 0 saturated carbocycles. The number of carboxylic acid groups (broad SMARTS) is 1. The van der Waals surface area contributed by atoms with Crippen LogP contribution in [0.3, 0.4) is 0 Å². The van der Waals surface area contributed by atoms with E-state index in [0.717, 1.165) is 0 Å². The number of nitrogens with zero attached hydrogens (tertiary/aromatic N) is 1. The van der Waals surface area contributed by atoms with Gasteiger partial charge in [0.25, 0.3) is 0 Å². The van der Waals surface area contributed by atoms with E-state index in [4.69, 9.17) is 4.42 Å². The molecule has 2 aromatic rings. The smallest absolute Gasteiger partial charge is 0.339 e. The van der Waals surface area contributed by atoms with Crippen molar-refractivity contribution < 1.29 is 19.4 Å². The minimum atomic E-state index is -0.978. The summed E-state index contributed by atoms with van der Waals surface area (Å²) in [7, 11) is 1.88. The number of fused-ring (bicyclic) bond motifs is 1. The lowest BCUT2D eigenvalue weighted by atomic mass is 10.1. The van der Waals surface area contributed by atoms with Crippen molar-refractivity contribution in [2.75, 3.05) is 13.6 Å². The van der Waals surface area contributed by atoms with E-state index >= 15 is 0 Å². The summed E-state index contributed by atoms with van der Waals surface area (Å²) in [6.45, 7) is 2.81. The lowest BCUT2D eigenvalue weighted by molar-refractivity contribution is 0.0694. The number of benzene rings is 1. The fourth-order valence-corrected chi connectivity index (χ4v) is 2.17. The summed E-state index contributed by atoms with van der Waals surface area (Å²) in [5, 5.41) is 19.3. The predicted molar refractivity (Wildman–Crippen MR) is 75.8 cm³/mol. The van der Waals surface area contributed by atoms with Crippen LogP contribution < -0.4 is 0 Å². The molecule has 0 saturated heterocycles. The van der Waals surface area contributed by atoms with Crippen LogP contribution in [0.2, 0.25) is 0 Å². The Bertz CT molecular complexity index is 603. The van der Waals surface area contributed by atoms with Crippen LogP contribution in [0, 0.1) is 0 Å². The first-order valence-electron chi connectivity index (χ1n) is 6.59. The van der Waals surface area contributed by atoms with Crippen molar-refractivity contribution in [1.29, 1.82) is 0 Å². The number of aliphatic hydroxyl groups excluding tert-OH is 1. The number of para-hydroxylation sites is 1. The van der Waals surface area contributed by atoms with E-state index in [2.05, 4.69) is 0 Å². The molecule has 5 nitrogen and oxygen atoms in total. The zero-order valence-electron chi connectivity index (χ0n) is 11.7. The molecule has 2 N–H and O–H groups in total. The van der Waals surface area contributed by atoms with Crippen molar-refractivity contribution in [3.05, 3.63) is 35.6 Å². The molecule has 2 rings (SSSR count). The third kappa shape index (κ3) is 3.18. The Morgan fingerprint density at radius 3 is 2.75 bits per heavy atom. The first-order chi connectivity index (χ1) is 9.49. The average molecular weight is 277 g/mol. The van der Waals surface area contributed by atoms with Crippen LogP contribution in [0.4, 0.5) is 0 Å². The quantitative estimate of drug-likeness (QED) is 0.847. The Kier molecular flexibility index (Phi) is 4.42. The van der Waals surface area contributed by atoms with Gasteiger partial charge in [-0.2, -0.15) is 0 Å². The number of carboxylic acids is 1. The second-order valence-electron chi connectivity index (χ2n) is 5.08. The predicted octanol–water partition coefficient (Wildman–Crippen LogP) is 2.33.